The molecule has 0 aliphatic carbocycles. The van der Waals surface area contributed by atoms with Crippen molar-refractivity contribution in [2.75, 3.05) is 18.4 Å². The third-order valence-corrected chi connectivity index (χ3v) is 2.92. The van der Waals surface area contributed by atoms with Crippen LogP contribution in [-0.2, 0) is 0 Å². The summed E-state index contributed by atoms with van der Waals surface area (Å²) in [6, 6.07) is 7.34. The summed E-state index contributed by atoms with van der Waals surface area (Å²) in [6.45, 7) is 2.94. The van der Waals surface area contributed by atoms with Crippen molar-refractivity contribution in [2.45, 2.75) is 6.92 Å². The van der Waals surface area contributed by atoms with E-state index >= 15 is 0 Å². The van der Waals surface area contributed by atoms with Gasteiger partial charge in [0, 0.05) is 53.9 Å². The fourth-order valence-corrected chi connectivity index (χ4v) is 1.84. The number of aromatic nitrogens is 1. The second-order valence-corrected chi connectivity index (χ2v) is 4.46. The van der Waals surface area contributed by atoms with E-state index in [9.17, 15) is 4.79 Å². The van der Waals surface area contributed by atoms with Gasteiger partial charge in [0.2, 0.25) is 0 Å². The van der Waals surface area contributed by atoms with Gasteiger partial charge in [-0.3, -0.25) is 4.99 Å². The van der Waals surface area contributed by atoms with Gasteiger partial charge in [0.15, 0.2) is 0 Å². The van der Waals surface area contributed by atoms with E-state index in [2.05, 4.69) is 20.6 Å². The number of urea groups is 1. The Morgan fingerprint density at radius 3 is 3.05 bits per heavy atom. The first-order valence-corrected chi connectivity index (χ1v) is 6.75. The fraction of sp³-hybridized carbons (Fsp3) is 0.200. The third-order valence-electron chi connectivity index (χ3n) is 2.92. The number of anilines is 1. The number of benzene rings is 1. The van der Waals surface area contributed by atoms with Gasteiger partial charge < -0.3 is 21.4 Å². The molecule has 0 unspecified atom stereocenters. The van der Waals surface area contributed by atoms with Crippen molar-refractivity contribution in [3.05, 3.63) is 42.2 Å². The predicted molar refractivity (Wildman–Crippen MR) is 86.6 cm³/mol. The van der Waals surface area contributed by atoms with Crippen LogP contribution in [0.1, 0.15) is 6.92 Å². The molecule has 0 saturated heterocycles. The monoisotopic (exact) mass is 285 g/mol. The summed E-state index contributed by atoms with van der Waals surface area (Å²) in [7, 11) is 0. The summed E-state index contributed by atoms with van der Waals surface area (Å²) >= 11 is 0. The van der Waals surface area contributed by atoms with Crippen LogP contribution in [0.4, 0.5) is 10.5 Å². The number of amides is 2. The molecule has 5 N–H and O–H groups in total. The zero-order valence-corrected chi connectivity index (χ0v) is 11.9. The van der Waals surface area contributed by atoms with Gasteiger partial charge in [-0.1, -0.05) is 0 Å². The highest BCUT2D eigenvalue weighted by atomic mass is 16.2. The Morgan fingerprint density at radius 2 is 2.29 bits per heavy atom. The Hall–Kier alpha value is -2.76. The van der Waals surface area contributed by atoms with Crippen LogP contribution >= 0.6 is 0 Å². The lowest BCUT2D eigenvalue weighted by Gasteiger charge is -2.08. The molecule has 1 aromatic carbocycles. The Labute approximate surface area is 123 Å². The number of aromatic amines is 1. The number of rotatable bonds is 5. The molecule has 2 rings (SSSR count). The van der Waals surface area contributed by atoms with Gasteiger partial charge in [-0.05, 0) is 31.2 Å². The molecule has 2 amide bonds. The van der Waals surface area contributed by atoms with Crippen molar-refractivity contribution in [1.82, 2.24) is 10.3 Å². The molecular formula is C15H19N5O. The second kappa shape index (κ2) is 7.14. The molecule has 110 valence electrons. The van der Waals surface area contributed by atoms with Gasteiger partial charge in [0.25, 0.3) is 0 Å². The van der Waals surface area contributed by atoms with Crippen LogP contribution in [-0.4, -0.2) is 30.3 Å². The van der Waals surface area contributed by atoms with Gasteiger partial charge in [-0.15, -0.1) is 0 Å². The quantitative estimate of drug-likeness (QED) is 0.634. The van der Waals surface area contributed by atoms with E-state index in [1.54, 1.807) is 6.21 Å². The SMILES string of the molecule is CCN=C/C(=C\N)CNC(=O)Nc1ccc2[nH]ccc2c1. The summed E-state index contributed by atoms with van der Waals surface area (Å²) in [5.41, 5.74) is 8.00. The minimum absolute atomic E-state index is 0.283. The molecule has 21 heavy (non-hydrogen) atoms. The van der Waals surface area contributed by atoms with Crippen LogP contribution in [0.2, 0.25) is 0 Å². The summed E-state index contributed by atoms with van der Waals surface area (Å²) in [5, 5.41) is 6.57. The Kier molecular flexibility index (Phi) is 4.98. The van der Waals surface area contributed by atoms with E-state index in [4.69, 9.17) is 5.73 Å². The molecule has 6 heteroatoms. The molecule has 0 radical (unpaired) electrons. The predicted octanol–water partition coefficient (Wildman–Crippen LogP) is 2.22. The molecule has 6 nitrogen and oxygen atoms in total. The number of H-pyrrole nitrogens is 1. The number of carbonyl (C=O) groups excluding carboxylic acids is 1. The lowest BCUT2D eigenvalue weighted by molar-refractivity contribution is 0.253. The molecule has 0 fully saturated rings. The third kappa shape index (κ3) is 4.10. The smallest absolute Gasteiger partial charge is 0.319 e. The minimum Gasteiger partial charge on any atom is -0.404 e. The fourth-order valence-electron chi connectivity index (χ4n) is 1.84. The van der Waals surface area contributed by atoms with E-state index in [1.807, 2.05) is 37.4 Å². The number of hydrogen-bond acceptors (Lipinski definition) is 3. The van der Waals surface area contributed by atoms with Crippen LogP contribution < -0.4 is 16.4 Å². The van der Waals surface area contributed by atoms with Crippen molar-refractivity contribution in [1.29, 1.82) is 0 Å². The molecular weight excluding hydrogens is 266 g/mol. The average Bonchev–Trinajstić information content (AvgIpc) is 2.95. The van der Waals surface area contributed by atoms with Gasteiger partial charge in [0.1, 0.15) is 0 Å². The summed E-state index contributed by atoms with van der Waals surface area (Å²) in [4.78, 5) is 19.0. The molecule has 0 saturated carbocycles. The highest BCUT2D eigenvalue weighted by Gasteiger charge is 2.03. The number of aliphatic imine (C=N–C) groups is 1. The highest BCUT2D eigenvalue weighted by molar-refractivity contribution is 5.93. The van der Waals surface area contributed by atoms with Crippen molar-refractivity contribution in [2.24, 2.45) is 10.7 Å². The number of fused-ring (bicyclic) bond motifs is 1. The number of carbonyl (C=O) groups is 1. The molecule has 1 heterocycles. The standard InChI is InChI=1S/C15H19N5O/c1-2-17-9-11(8-16)10-19-15(21)20-13-3-4-14-12(7-13)5-6-18-14/h3-9,18H,2,10,16H2,1H3,(H2,19,20,21)/b11-8+,17-9?. The molecule has 0 atom stereocenters. The van der Waals surface area contributed by atoms with Crippen molar-refractivity contribution >= 4 is 28.8 Å². The van der Waals surface area contributed by atoms with E-state index in [0.29, 0.717) is 13.1 Å². The Balaban J connectivity index is 1.90. The molecule has 1 aromatic heterocycles. The summed E-state index contributed by atoms with van der Waals surface area (Å²) in [6.07, 6.45) is 4.96. The van der Waals surface area contributed by atoms with Crippen LogP contribution in [0.5, 0.6) is 0 Å². The van der Waals surface area contributed by atoms with E-state index in [0.717, 1.165) is 22.2 Å². The van der Waals surface area contributed by atoms with Crippen molar-refractivity contribution < 1.29 is 4.79 Å². The van der Waals surface area contributed by atoms with E-state index < -0.39 is 0 Å². The van der Waals surface area contributed by atoms with Gasteiger partial charge >= 0.3 is 6.03 Å². The van der Waals surface area contributed by atoms with Crippen LogP contribution in [0.3, 0.4) is 0 Å². The second-order valence-electron chi connectivity index (χ2n) is 4.46. The Bertz CT molecular complexity index is 672. The zero-order chi connectivity index (χ0) is 15.1. The molecule has 0 aliphatic rings. The number of nitrogens with two attached hydrogens (primary N) is 1. The molecule has 0 spiro atoms. The maximum absolute atomic E-state index is 11.8. The van der Waals surface area contributed by atoms with Crippen LogP contribution in [0.25, 0.3) is 10.9 Å². The maximum Gasteiger partial charge on any atom is 0.319 e. The number of hydrogen-bond donors (Lipinski definition) is 4. The first-order chi connectivity index (χ1) is 10.2. The van der Waals surface area contributed by atoms with E-state index in [-0.39, 0.29) is 6.03 Å². The van der Waals surface area contributed by atoms with Gasteiger partial charge in [0.05, 0.1) is 0 Å². The Morgan fingerprint density at radius 1 is 1.43 bits per heavy atom. The number of nitrogens with zero attached hydrogens (tertiary/aromatic N) is 1. The number of nitrogens with one attached hydrogen (secondary N) is 3. The van der Waals surface area contributed by atoms with Gasteiger partial charge in [-0.25, -0.2) is 4.79 Å². The lowest BCUT2D eigenvalue weighted by atomic mass is 10.2. The van der Waals surface area contributed by atoms with Crippen LogP contribution in [0.15, 0.2) is 47.2 Å². The first-order valence-electron chi connectivity index (χ1n) is 6.75. The van der Waals surface area contributed by atoms with Crippen LogP contribution in [0, 0.1) is 0 Å². The zero-order valence-electron chi connectivity index (χ0n) is 11.9. The first kappa shape index (κ1) is 14.6. The molecule has 0 bridgehead atoms. The van der Waals surface area contributed by atoms with E-state index in [1.165, 1.54) is 6.20 Å². The molecule has 0 aliphatic heterocycles. The summed E-state index contributed by atoms with van der Waals surface area (Å²) in [5.74, 6) is 0. The maximum atomic E-state index is 11.8. The topological polar surface area (TPSA) is 95.3 Å². The molecule has 2 aromatic rings. The average molecular weight is 285 g/mol. The van der Waals surface area contributed by atoms with Crippen molar-refractivity contribution in [3.8, 4) is 0 Å². The van der Waals surface area contributed by atoms with Gasteiger partial charge in [-0.2, -0.15) is 0 Å². The highest BCUT2D eigenvalue weighted by Crippen LogP contribution is 2.17. The normalized spacial score (nSPS) is 12.0. The largest absolute Gasteiger partial charge is 0.404 e. The summed E-state index contributed by atoms with van der Waals surface area (Å²) < 4.78 is 0. The minimum atomic E-state index is -0.283. The van der Waals surface area contributed by atoms with Crippen molar-refractivity contribution in [3.63, 3.8) is 0 Å². The lowest BCUT2D eigenvalue weighted by Crippen LogP contribution is -2.30.